The van der Waals surface area contributed by atoms with Crippen molar-refractivity contribution in [3.8, 4) is 5.75 Å². The summed E-state index contributed by atoms with van der Waals surface area (Å²) in [7, 11) is 1.68. The number of nitrogens with zero attached hydrogens (tertiary/aromatic N) is 1. The van der Waals surface area contributed by atoms with Gasteiger partial charge in [-0.3, -0.25) is 9.69 Å². The summed E-state index contributed by atoms with van der Waals surface area (Å²) in [5.74, 6) is 0.828. The Balaban J connectivity index is 1.69. The highest BCUT2D eigenvalue weighted by Crippen LogP contribution is 2.22. The van der Waals surface area contributed by atoms with E-state index in [9.17, 15) is 4.79 Å². The van der Waals surface area contributed by atoms with E-state index in [1.165, 1.54) is 5.56 Å². The summed E-state index contributed by atoms with van der Waals surface area (Å²) in [5.41, 5.74) is 4.20. The van der Waals surface area contributed by atoms with Gasteiger partial charge in [-0.1, -0.05) is 35.9 Å². The Morgan fingerprint density at radius 3 is 2.79 bits per heavy atom. The minimum absolute atomic E-state index is 0.0140. The molecule has 3 rings (SSSR count). The number of methoxy groups -OCH3 is 1. The monoisotopic (exact) mass is 382 g/mol. The molecule has 0 saturated carbocycles. The summed E-state index contributed by atoms with van der Waals surface area (Å²) >= 11 is 0. The molecular formula is C23H30N2O3. The van der Waals surface area contributed by atoms with Gasteiger partial charge in [0.2, 0.25) is 5.91 Å². The molecule has 2 aromatic rings. The van der Waals surface area contributed by atoms with E-state index in [-0.39, 0.29) is 12.0 Å². The first-order valence-electron chi connectivity index (χ1n) is 9.88. The summed E-state index contributed by atoms with van der Waals surface area (Å²) in [5, 5.41) is 3.05. The van der Waals surface area contributed by atoms with Crippen molar-refractivity contribution in [2.75, 3.05) is 32.1 Å². The first-order valence-corrected chi connectivity index (χ1v) is 9.88. The Labute approximate surface area is 167 Å². The fourth-order valence-electron chi connectivity index (χ4n) is 3.68. The molecule has 5 nitrogen and oxygen atoms in total. The van der Waals surface area contributed by atoms with Crippen LogP contribution in [0, 0.1) is 13.8 Å². The van der Waals surface area contributed by atoms with Gasteiger partial charge < -0.3 is 14.8 Å². The molecule has 1 unspecified atom stereocenters. The van der Waals surface area contributed by atoms with E-state index in [4.69, 9.17) is 9.47 Å². The van der Waals surface area contributed by atoms with Crippen LogP contribution in [0.5, 0.6) is 5.75 Å². The third kappa shape index (κ3) is 5.57. The van der Waals surface area contributed by atoms with E-state index in [2.05, 4.69) is 23.2 Å². The third-order valence-corrected chi connectivity index (χ3v) is 5.10. The molecule has 5 heteroatoms. The van der Waals surface area contributed by atoms with Crippen molar-refractivity contribution >= 4 is 11.6 Å². The van der Waals surface area contributed by atoms with E-state index in [1.807, 2.05) is 43.3 Å². The lowest BCUT2D eigenvalue weighted by molar-refractivity contribution is -0.117. The van der Waals surface area contributed by atoms with Gasteiger partial charge in [0.25, 0.3) is 0 Å². The molecule has 1 heterocycles. The molecule has 1 amide bonds. The highest BCUT2D eigenvalue weighted by atomic mass is 16.5. The number of nitrogens with one attached hydrogen (secondary N) is 1. The molecule has 0 spiro atoms. The van der Waals surface area contributed by atoms with Gasteiger partial charge in [0, 0.05) is 30.9 Å². The summed E-state index contributed by atoms with van der Waals surface area (Å²) in [4.78, 5) is 14.9. The Hall–Kier alpha value is -2.37. The number of amides is 1. The Morgan fingerprint density at radius 2 is 2.07 bits per heavy atom. The maximum atomic E-state index is 12.8. The molecule has 2 aromatic carbocycles. The predicted molar refractivity (Wildman–Crippen MR) is 112 cm³/mol. The topological polar surface area (TPSA) is 50.8 Å². The molecule has 1 atom stereocenters. The molecule has 1 aliphatic heterocycles. The SMILES string of the molecule is COc1ccccc1CN(CC(=O)Nc1ccc(C)cc1C)CC1CCCO1. The smallest absolute Gasteiger partial charge is 0.238 e. The molecule has 0 aliphatic carbocycles. The van der Waals surface area contributed by atoms with Gasteiger partial charge in [-0.2, -0.15) is 0 Å². The number of hydrogen-bond donors (Lipinski definition) is 1. The van der Waals surface area contributed by atoms with Gasteiger partial charge in [-0.05, 0) is 44.4 Å². The van der Waals surface area contributed by atoms with Crippen LogP contribution in [0.4, 0.5) is 5.69 Å². The number of rotatable bonds is 8. The zero-order valence-corrected chi connectivity index (χ0v) is 17.0. The minimum Gasteiger partial charge on any atom is -0.496 e. The molecule has 0 radical (unpaired) electrons. The summed E-state index contributed by atoms with van der Waals surface area (Å²) in [6, 6.07) is 14.0. The maximum Gasteiger partial charge on any atom is 0.238 e. The Kier molecular flexibility index (Phi) is 7.06. The molecule has 1 saturated heterocycles. The number of carbonyl (C=O) groups is 1. The normalized spacial score (nSPS) is 16.4. The van der Waals surface area contributed by atoms with Gasteiger partial charge in [0.15, 0.2) is 0 Å². The Morgan fingerprint density at radius 1 is 1.25 bits per heavy atom. The molecule has 1 aliphatic rings. The largest absolute Gasteiger partial charge is 0.496 e. The fourth-order valence-corrected chi connectivity index (χ4v) is 3.68. The van der Waals surface area contributed by atoms with E-state index in [0.29, 0.717) is 13.1 Å². The van der Waals surface area contributed by atoms with Gasteiger partial charge in [0.1, 0.15) is 5.75 Å². The van der Waals surface area contributed by atoms with Gasteiger partial charge in [-0.25, -0.2) is 0 Å². The van der Waals surface area contributed by atoms with Crippen molar-refractivity contribution in [1.82, 2.24) is 4.90 Å². The van der Waals surface area contributed by atoms with Crippen molar-refractivity contribution in [1.29, 1.82) is 0 Å². The molecule has 150 valence electrons. The standard InChI is InChI=1S/C23H30N2O3/c1-17-10-11-21(18(2)13-17)24-23(26)16-25(15-20-8-6-12-28-20)14-19-7-4-5-9-22(19)27-3/h4-5,7,9-11,13,20H,6,8,12,14-16H2,1-3H3,(H,24,26). The van der Waals surface area contributed by atoms with Crippen molar-refractivity contribution in [3.05, 3.63) is 59.2 Å². The predicted octanol–water partition coefficient (Wildman–Crippen LogP) is 3.93. The van der Waals surface area contributed by atoms with Crippen LogP contribution < -0.4 is 10.1 Å². The number of ether oxygens (including phenoxy) is 2. The van der Waals surface area contributed by atoms with Crippen molar-refractivity contribution in [3.63, 3.8) is 0 Å². The van der Waals surface area contributed by atoms with E-state index < -0.39 is 0 Å². The van der Waals surface area contributed by atoms with Crippen LogP contribution in [0.15, 0.2) is 42.5 Å². The average Bonchev–Trinajstić information content (AvgIpc) is 3.17. The molecule has 1 fully saturated rings. The number of para-hydroxylation sites is 1. The second kappa shape index (κ2) is 9.71. The zero-order chi connectivity index (χ0) is 19.9. The van der Waals surface area contributed by atoms with Crippen molar-refractivity contribution in [2.24, 2.45) is 0 Å². The summed E-state index contributed by atoms with van der Waals surface area (Å²) in [6.45, 7) is 6.56. The lowest BCUT2D eigenvalue weighted by atomic mass is 10.1. The highest BCUT2D eigenvalue weighted by molar-refractivity contribution is 5.93. The first kappa shape index (κ1) is 20.4. The fraction of sp³-hybridized carbons (Fsp3) is 0.435. The number of benzene rings is 2. The second-order valence-corrected chi connectivity index (χ2v) is 7.48. The molecule has 0 aromatic heterocycles. The molecule has 28 heavy (non-hydrogen) atoms. The lowest BCUT2D eigenvalue weighted by Crippen LogP contribution is -2.38. The third-order valence-electron chi connectivity index (χ3n) is 5.10. The maximum absolute atomic E-state index is 12.8. The van der Waals surface area contributed by atoms with Crippen LogP contribution in [0.1, 0.15) is 29.5 Å². The average molecular weight is 383 g/mol. The summed E-state index contributed by atoms with van der Waals surface area (Å²) < 4.78 is 11.3. The number of hydrogen-bond acceptors (Lipinski definition) is 4. The van der Waals surface area contributed by atoms with E-state index in [1.54, 1.807) is 7.11 Å². The second-order valence-electron chi connectivity index (χ2n) is 7.48. The first-order chi connectivity index (χ1) is 13.5. The van der Waals surface area contributed by atoms with Crippen molar-refractivity contribution < 1.29 is 14.3 Å². The minimum atomic E-state index is -0.0140. The number of anilines is 1. The van der Waals surface area contributed by atoms with Crippen LogP contribution in [0.25, 0.3) is 0 Å². The quantitative estimate of drug-likeness (QED) is 0.752. The highest BCUT2D eigenvalue weighted by Gasteiger charge is 2.22. The van der Waals surface area contributed by atoms with Crippen LogP contribution in [-0.4, -0.2) is 43.7 Å². The van der Waals surface area contributed by atoms with Crippen LogP contribution in [0.3, 0.4) is 0 Å². The molecule has 1 N–H and O–H groups in total. The lowest BCUT2D eigenvalue weighted by Gasteiger charge is -2.25. The molecule has 0 bridgehead atoms. The van der Waals surface area contributed by atoms with E-state index >= 15 is 0 Å². The Bertz CT molecular complexity index is 800. The van der Waals surface area contributed by atoms with Crippen LogP contribution in [0.2, 0.25) is 0 Å². The van der Waals surface area contributed by atoms with Crippen LogP contribution in [-0.2, 0) is 16.1 Å². The number of aryl methyl sites for hydroxylation is 2. The van der Waals surface area contributed by atoms with Gasteiger partial charge in [0.05, 0.1) is 19.8 Å². The van der Waals surface area contributed by atoms with Gasteiger partial charge >= 0.3 is 0 Å². The van der Waals surface area contributed by atoms with Gasteiger partial charge in [-0.15, -0.1) is 0 Å². The van der Waals surface area contributed by atoms with Crippen LogP contribution >= 0.6 is 0 Å². The van der Waals surface area contributed by atoms with E-state index in [0.717, 1.165) is 48.6 Å². The number of carbonyl (C=O) groups excluding carboxylic acids is 1. The summed E-state index contributed by atoms with van der Waals surface area (Å²) in [6.07, 6.45) is 2.31. The molecular weight excluding hydrogens is 352 g/mol. The zero-order valence-electron chi connectivity index (χ0n) is 17.0. The van der Waals surface area contributed by atoms with Crippen molar-refractivity contribution in [2.45, 2.75) is 39.3 Å².